The summed E-state index contributed by atoms with van der Waals surface area (Å²) >= 11 is 0. The Balaban J connectivity index is 1.39. The molecule has 5 heteroatoms. The second-order valence-electron chi connectivity index (χ2n) is 8.31. The Morgan fingerprint density at radius 2 is 1.72 bits per heavy atom. The van der Waals surface area contributed by atoms with Gasteiger partial charge in [0.05, 0.1) is 11.6 Å². The number of aromatic amines is 1. The van der Waals surface area contributed by atoms with Gasteiger partial charge in [-0.15, -0.1) is 0 Å². The highest BCUT2D eigenvalue weighted by Crippen LogP contribution is 2.31. The van der Waals surface area contributed by atoms with Gasteiger partial charge in [-0.1, -0.05) is 60.7 Å². The SMILES string of the molecule is O=c1ccc2c(C(O)CN3CCc4ccccc4C3)ccc(OCc3ccccc3)c2[nH]1. The first-order valence-corrected chi connectivity index (χ1v) is 11.0. The minimum atomic E-state index is -0.670. The number of hydrogen-bond acceptors (Lipinski definition) is 4. The van der Waals surface area contributed by atoms with Crippen LogP contribution in [-0.4, -0.2) is 28.1 Å². The van der Waals surface area contributed by atoms with Gasteiger partial charge in [-0.3, -0.25) is 9.69 Å². The minimum Gasteiger partial charge on any atom is -0.487 e. The Labute approximate surface area is 186 Å². The molecular formula is C27H26N2O3. The number of nitrogens with zero attached hydrogens (tertiary/aromatic N) is 1. The Hall–Kier alpha value is -3.41. The summed E-state index contributed by atoms with van der Waals surface area (Å²) in [6, 6.07) is 25.4. The summed E-state index contributed by atoms with van der Waals surface area (Å²) in [5, 5.41) is 11.9. The highest BCUT2D eigenvalue weighted by molar-refractivity contribution is 5.87. The smallest absolute Gasteiger partial charge is 0.248 e. The molecule has 4 aromatic rings. The van der Waals surface area contributed by atoms with Gasteiger partial charge in [0.2, 0.25) is 5.56 Å². The van der Waals surface area contributed by atoms with Crippen molar-refractivity contribution in [2.75, 3.05) is 13.1 Å². The summed E-state index contributed by atoms with van der Waals surface area (Å²) < 4.78 is 6.02. The fraction of sp³-hybridized carbons (Fsp3) is 0.222. The first-order valence-electron chi connectivity index (χ1n) is 11.0. The molecule has 0 radical (unpaired) electrons. The number of aliphatic hydroxyl groups excluding tert-OH is 1. The lowest BCUT2D eigenvalue weighted by atomic mass is 9.98. The summed E-state index contributed by atoms with van der Waals surface area (Å²) in [4.78, 5) is 17.2. The highest BCUT2D eigenvalue weighted by atomic mass is 16.5. The van der Waals surface area contributed by atoms with Crippen LogP contribution < -0.4 is 10.3 Å². The third-order valence-electron chi connectivity index (χ3n) is 6.13. The predicted molar refractivity (Wildman–Crippen MR) is 126 cm³/mol. The quantitative estimate of drug-likeness (QED) is 0.485. The van der Waals surface area contributed by atoms with Gasteiger partial charge in [0.15, 0.2) is 0 Å². The second kappa shape index (κ2) is 8.99. The van der Waals surface area contributed by atoms with E-state index in [4.69, 9.17) is 4.74 Å². The molecule has 2 N–H and O–H groups in total. The van der Waals surface area contributed by atoms with Crippen LogP contribution in [0.1, 0.15) is 28.4 Å². The van der Waals surface area contributed by atoms with E-state index in [1.54, 1.807) is 6.07 Å². The van der Waals surface area contributed by atoms with E-state index in [1.165, 1.54) is 17.2 Å². The van der Waals surface area contributed by atoms with Crippen LogP contribution in [0.4, 0.5) is 0 Å². The maximum absolute atomic E-state index is 12.0. The van der Waals surface area contributed by atoms with E-state index in [0.29, 0.717) is 24.4 Å². The van der Waals surface area contributed by atoms with E-state index in [1.807, 2.05) is 42.5 Å². The average Bonchev–Trinajstić information content (AvgIpc) is 2.83. The Bertz CT molecular complexity index is 1280. The molecule has 0 amide bonds. The van der Waals surface area contributed by atoms with E-state index in [0.717, 1.165) is 36.0 Å². The maximum Gasteiger partial charge on any atom is 0.248 e. The fourth-order valence-electron chi connectivity index (χ4n) is 4.45. The van der Waals surface area contributed by atoms with E-state index in [-0.39, 0.29) is 5.56 Å². The van der Waals surface area contributed by atoms with Gasteiger partial charge in [-0.2, -0.15) is 0 Å². The lowest BCUT2D eigenvalue weighted by Crippen LogP contribution is -2.34. The number of rotatable bonds is 6. The van der Waals surface area contributed by atoms with Crippen LogP contribution in [-0.2, 0) is 19.6 Å². The van der Waals surface area contributed by atoms with E-state index in [9.17, 15) is 9.90 Å². The van der Waals surface area contributed by atoms with Crippen molar-refractivity contribution < 1.29 is 9.84 Å². The lowest BCUT2D eigenvalue weighted by molar-refractivity contribution is 0.107. The number of H-pyrrole nitrogens is 1. The molecule has 0 bridgehead atoms. The Morgan fingerprint density at radius 1 is 0.938 bits per heavy atom. The van der Waals surface area contributed by atoms with Crippen molar-refractivity contribution >= 4 is 10.9 Å². The van der Waals surface area contributed by atoms with Gasteiger partial charge >= 0.3 is 0 Å². The fourth-order valence-corrected chi connectivity index (χ4v) is 4.45. The highest BCUT2D eigenvalue weighted by Gasteiger charge is 2.21. The first-order chi connectivity index (χ1) is 15.7. The molecule has 3 aromatic carbocycles. The molecule has 1 aliphatic heterocycles. The van der Waals surface area contributed by atoms with Crippen LogP contribution in [0.25, 0.3) is 10.9 Å². The number of hydrogen-bond donors (Lipinski definition) is 2. The summed E-state index contributed by atoms with van der Waals surface area (Å²) in [5.41, 5.74) is 4.98. The molecule has 1 atom stereocenters. The molecule has 1 aliphatic rings. The number of nitrogens with one attached hydrogen (secondary N) is 1. The molecule has 0 fully saturated rings. The zero-order valence-corrected chi connectivity index (χ0v) is 17.8. The predicted octanol–water partition coefficient (Wildman–Crippen LogP) is 4.20. The second-order valence-corrected chi connectivity index (χ2v) is 8.31. The number of fused-ring (bicyclic) bond motifs is 2. The van der Waals surface area contributed by atoms with Gasteiger partial charge in [0, 0.05) is 31.1 Å². The van der Waals surface area contributed by atoms with E-state index < -0.39 is 6.10 Å². The summed E-state index contributed by atoms with van der Waals surface area (Å²) in [7, 11) is 0. The maximum atomic E-state index is 12.0. The molecule has 2 heterocycles. The van der Waals surface area contributed by atoms with E-state index in [2.05, 4.69) is 34.1 Å². The number of β-amino-alcohol motifs (C(OH)–C–C–N with tert-alkyl or cyclic N) is 1. The molecule has 0 saturated heterocycles. The monoisotopic (exact) mass is 426 g/mol. The number of aliphatic hydroxyl groups is 1. The molecule has 32 heavy (non-hydrogen) atoms. The van der Waals surface area contributed by atoms with Crippen molar-refractivity contribution in [2.45, 2.75) is 25.7 Å². The normalized spacial score (nSPS) is 14.8. The van der Waals surface area contributed by atoms with Crippen LogP contribution in [0.15, 0.2) is 83.7 Å². The third kappa shape index (κ3) is 4.31. The molecule has 5 nitrogen and oxygen atoms in total. The number of benzene rings is 3. The number of ether oxygens (including phenoxy) is 1. The molecule has 0 saturated carbocycles. The molecule has 0 aliphatic carbocycles. The first kappa shape index (κ1) is 20.5. The van der Waals surface area contributed by atoms with Crippen molar-refractivity contribution in [3.05, 3.63) is 111 Å². The van der Waals surface area contributed by atoms with Crippen LogP contribution >= 0.6 is 0 Å². The standard InChI is InChI=1S/C27H26N2O3/c30-24(17-29-15-14-20-8-4-5-9-21(20)16-29)22-10-12-25(27-23(22)11-13-26(31)28-27)32-18-19-6-2-1-3-7-19/h1-13,24,30H,14-18H2,(H,28,31). The van der Waals surface area contributed by atoms with Crippen LogP contribution in [0.2, 0.25) is 0 Å². The molecule has 1 aromatic heterocycles. The Morgan fingerprint density at radius 3 is 2.56 bits per heavy atom. The van der Waals surface area contributed by atoms with Crippen LogP contribution in [0.5, 0.6) is 5.75 Å². The summed E-state index contributed by atoms with van der Waals surface area (Å²) in [6.45, 7) is 2.69. The molecule has 162 valence electrons. The van der Waals surface area contributed by atoms with Gasteiger partial charge in [-0.05, 0) is 40.8 Å². The zero-order valence-electron chi connectivity index (χ0n) is 17.8. The molecule has 1 unspecified atom stereocenters. The van der Waals surface area contributed by atoms with Gasteiger partial charge in [0.1, 0.15) is 12.4 Å². The van der Waals surface area contributed by atoms with Gasteiger partial charge < -0.3 is 14.8 Å². The zero-order chi connectivity index (χ0) is 21.9. The van der Waals surface area contributed by atoms with Crippen molar-refractivity contribution in [3.63, 3.8) is 0 Å². The third-order valence-corrected chi connectivity index (χ3v) is 6.13. The van der Waals surface area contributed by atoms with Crippen molar-refractivity contribution in [1.82, 2.24) is 9.88 Å². The number of pyridine rings is 1. The van der Waals surface area contributed by atoms with Crippen molar-refractivity contribution in [3.8, 4) is 5.75 Å². The summed E-state index contributed by atoms with van der Waals surface area (Å²) in [5.74, 6) is 0.601. The van der Waals surface area contributed by atoms with Crippen LogP contribution in [0.3, 0.4) is 0 Å². The average molecular weight is 427 g/mol. The minimum absolute atomic E-state index is 0.193. The largest absolute Gasteiger partial charge is 0.487 e. The van der Waals surface area contributed by atoms with Crippen LogP contribution in [0, 0.1) is 0 Å². The van der Waals surface area contributed by atoms with Crippen molar-refractivity contribution in [2.24, 2.45) is 0 Å². The van der Waals surface area contributed by atoms with Crippen molar-refractivity contribution in [1.29, 1.82) is 0 Å². The Kier molecular flexibility index (Phi) is 5.75. The van der Waals surface area contributed by atoms with Gasteiger partial charge in [0.25, 0.3) is 0 Å². The molecule has 5 rings (SSSR count). The lowest BCUT2D eigenvalue weighted by Gasteiger charge is -2.30. The summed E-state index contributed by atoms with van der Waals surface area (Å²) in [6.07, 6.45) is 0.320. The molecular weight excluding hydrogens is 400 g/mol. The van der Waals surface area contributed by atoms with E-state index >= 15 is 0 Å². The molecule has 0 spiro atoms. The number of aromatic nitrogens is 1. The van der Waals surface area contributed by atoms with Gasteiger partial charge in [-0.25, -0.2) is 0 Å². The topological polar surface area (TPSA) is 65.6 Å².